The third kappa shape index (κ3) is 4.39. The second kappa shape index (κ2) is 6.80. The van der Waals surface area contributed by atoms with E-state index in [0.29, 0.717) is 21.6 Å². The summed E-state index contributed by atoms with van der Waals surface area (Å²) in [7, 11) is 0. The first-order valence-corrected chi connectivity index (χ1v) is 8.39. The molecule has 0 radical (unpaired) electrons. The fourth-order valence-corrected chi connectivity index (χ4v) is 2.86. The minimum absolute atomic E-state index is 0.0789. The predicted molar refractivity (Wildman–Crippen MR) is 93.8 cm³/mol. The molecule has 0 bridgehead atoms. The summed E-state index contributed by atoms with van der Waals surface area (Å²) < 4.78 is 1.35. The number of carbonyl (C=O) groups excluding carboxylic acids is 1. The van der Waals surface area contributed by atoms with Crippen LogP contribution in [0.4, 0.5) is 0 Å². The van der Waals surface area contributed by atoms with Gasteiger partial charge in [0.2, 0.25) is 11.1 Å². The predicted octanol–water partition coefficient (Wildman–Crippen LogP) is 2.71. The molecule has 3 N–H and O–H groups in total. The molecule has 1 aromatic carbocycles. The average Bonchev–Trinajstić information content (AvgIpc) is 2.79. The van der Waals surface area contributed by atoms with Gasteiger partial charge in [0.25, 0.3) is 0 Å². The molecule has 2 rings (SSSR count). The van der Waals surface area contributed by atoms with Gasteiger partial charge in [-0.15, -0.1) is 10.2 Å². The van der Waals surface area contributed by atoms with Gasteiger partial charge < -0.3 is 11.2 Å². The van der Waals surface area contributed by atoms with Crippen LogP contribution in [0, 0.1) is 0 Å². The number of hydrogen-bond acceptors (Lipinski definition) is 5. The molecule has 1 atom stereocenters. The Morgan fingerprint density at radius 2 is 2.00 bits per heavy atom. The van der Waals surface area contributed by atoms with Crippen molar-refractivity contribution in [1.29, 1.82) is 0 Å². The third-order valence-electron chi connectivity index (χ3n) is 2.93. The van der Waals surface area contributed by atoms with Crippen molar-refractivity contribution >= 4 is 29.3 Å². The van der Waals surface area contributed by atoms with Crippen LogP contribution in [-0.4, -0.2) is 31.6 Å². The lowest BCUT2D eigenvalue weighted by molar-refractivity contribution is -0.121. The fourth-order valence-electron chi connectivity index (χ4n) is 1.87. The van der Waals surface area contributed by atoms with Gasteiger partial charge in [-0.1, -0.05) is 35.5 Å². The lowest BCUT2D eigenvalue weighted by Crippen LogP contribution is -2.44. The number of thioether (sulfide) groups is 1. The lowest BCUT2D eigenvalue weighted by Gasteiger charge is -2.22. The smallest absolute Gasteiger partial charge is 0.233 e. The van der Waals surface area contributed by atoms with Crippen molar-refractivity contribution in [3.05, 3.63) is 29.3 Å². The maximum Gasteiger partial charge on any atom is 0.233 e. The Hall–Kier alpha value is -1.73. The van der Waals surface area contributed by atoms with Gasteiger partial charge in [0.15, 0.2) is 5.82 Å². The van der Waals surface area contributed by atoms with Crippen molar-refractivity contribution < 1.29 is 4.79 Å². The topological polar surface area (TPSA) is 85.8 Å². The number of aromatic nitrogens is 3. The second-order valence-electron chi connectivity index (χ2n) is 6.16. The van der Waals surface area contributed by atoms with E-state index in [0.717, 1.165) is 0 Å². The minimum Gasteiger partial charge on any atom is -0.351 e. The Labute approximate surface area is 144 Å². The zero-order valence-electron chi connectivity index (χ0n) is 13.5. The van der Waals surface area contributed by atoms with Gasteiger partial charge >= 0.3 is 0 Å². The molecule has 23 heavy (non-hydrogen) atoms. The summed E-state index contributed by atoms with van der Waals surface area (Å²) in [5.74, 6) is 6.44. The van der Waals surface area contributed by atoms with Crippen LogP contribution in [-0.2, 0) is 4.79 Å². The number of amides is 1. The van der Waals surface area contributed by atoms with Crippen molar-refractivity contribution in [3.8, 4) is 11.4 Å². The Bertz CT molecular complexity index is 710. The number of nitrogens with zero attached hydrogens (tertiary/aromatic N) is 3. The van der Waals surface area contributed by atoms with E-state index in [1.807, 2.05) is 39.0 Å². The third-order valence-corrected chi connectivity index (χ3v) is 4.32. The number of benzene rings is 1. The summed E-state index contributed by atoms with van der Waals surface area (Å²) in [6, 6.07) is 7.26. The fraction of sp³-hybridized carbons (Fsp3) is 0.400. The maximum atomic E-state index is 12.2. The number of halogens is 1. The highest BCUT2D eigenvalue weighted by Crippen LogP contribution is 2.29. The van der Waals surface area contributed by atoms with Crippen molar-refractivity contribution in [2.45, 2.75) is 43.6 Å². The lowest BCUT2D eigenvalue weighted by atomic mass is 10.1. The van der Waals surface area contributed by atoms with Crippen LogP contribution >= 0.6 is 23.4 Å². The zero-order chi connectivity index (χ0) is 17.2. The number of nitrogens with one attached hydrogen (secondary N) is 1. The van der Waals surface area contributed by atoms with Gasteiger partial charge in [-0.25, -0.2) is 4.68 Å². The molecule has 124 valence electrons. The van der Waals surface area contributed by atoms with Gasteiger partial charge in [0.05, 0.1) is 10.3 Å². The molecule has 1 heterocycles. The largest absolute Gasteiger partial charge is 0.351 e. The summed E-state index contributed by atoms with van der Waals surface area (Å²) in [4.78, 5) is 12.2. The summed E-state index contributed by atoms with van der Waals surface area (Å²) >= 11 is 7.41. The molecule has 2 aromatic rings. The molecule has 1 amide bonds. The molecule has 0 aliphatic heterocycles. The normalized spacial score (nSPS) is 12.9. The molecule has 1 unspecified atom stereocenters. The van der Waals surface area contributed by atoms with E-state index < -0.39 is 0 Å². The molecule has 0 saturated carbocycles. The molecule has 0 aliphatic carbocycles. The van der Waals surface area contributed by atoms with Crippen LogP contribution in [0.15, 0.2) is 29.4 Å². The Balaban J connectivity index is 2.17. The number of rotatable bonds is 4. The van der Waals surface area contributed by atoms with Gasteiger partial charge in [-0.2, -0.15) is 0 Å². The first-order chi connectivity index (χ1) is 10.7. The Kier molecular flexibility index (Phi) is 5.21. The van der Waals surface area contributed by atoms with E-state index in [4.69, 9.17) is 17.4 Å². The van der Waals surface area contributed by atoms with Crippen molar-refractivity contribution in [2.24, 2.45) is 0 Å². The molecule has 0 fully saturated rings. The molecule has 0 saturated heterocycles. The number of nitrogen functional groups attached to an aromatic ring is 1. The van der Waals surface area contributed by atoms with Crippen molar-refractivity contribution in [2.75, 3.05) is 5.84 Å². The molecule has 1 aromatic heterocycles. The average molecular weight is 354 g/mol. The number of carbonyl (C=O) groups is 1. The van der Waals surface area contributed by atoms with E-state index in [1.165, 1.54) is 16.4 Å². The highest BCUT2D eigenvalue weighted by atomic mass is 35.5. The first kappa shape index (κ1) is 17.6. The molecule has 6 nitrogen and oxygen atoms in total. The standard InChI is InChI=1S/C15H20ClN5OS/c1-9(13(22)18-15(2,3)4)23-14-20-19-12(21(14)17)10-7-5-6-8-11(10)16/h5-9H,17H2,1-4H3,(H,18,22). The maximum absolute atomic E-state index is 12.2. The molecule has 0 aliphatic rings. The van der Waals surface area contributed by atoms with Crippen LogP contribution < -0.4 is 11.2 Å². The molecule has 8 heteroatoms. The van der Waals surface area contributed by atoms with Crippen LogP contribution in [0.1, 0.15) is 27.7 Å². The van der Waals surface area contributed by atoms with Crippen LogP contribution in [0.25, 0.3) is 11.4 Å². The quantitative estimate of drug-likeness (QED) is 0.652. The number of nitrogens with two attached hydrogens (primary N) is 1. The van der Waals surface area contributed by atoms with Crippen LogP contribution in [0.3, 0.4) is 0 Å². The van der Waals surface area contributed by atoms with E-state index in [-0.39, 0.29) is 16.7 Å². The highest BCUT2D eigenvalue weighted by molar-refractivity contribution is 8.00. The number of hydrogen-bond donors (Lipinski definition) is 2. The van der Waals surface area contributed by atoms with E-state index >= 15 is 0 Å². The van der Waals surface area contributed by atoms with E-state index in [2.05, 4.69) is 15.5 Å². The van der Waals surface area contributed by atoms with Gasteiger partial charge in [0, 0.05) is 11.1 Å². The van der Waals surface area contributed by atoms with Crippen molar-refractivity contribution in [3.63, 3.8) is 0 Å². The SMILES string of the molecule is CC(Sc1nnc(-c2ccccc2Cl)n1N)C(=O)NC(C)(C)C. The van der Waals surface area contributed by atoms with Crippen LogP contribution in [0.2, 0.25) is 5.02 Å². The van der Waals surface area contributed by atoms with Gasteiger partial charge in [-0.3, -0.25) is 4.79 Å². The Morgan fingerprint density at radius 3 is 2.61 bits per heavy atom. The zero-order valence-corrected chi connectivity index (χ0v) is 15.1. The second-order valence-corrected chi connectivity index (χ2v) is 7.87. The van der Waals surface area contributed by atoms with Gasteiger partial charge in [0.1, 0.15) is 0 Å². The summed E-state index contributed by atoms with van der Waals surface area (Å²) in [5.41, 5.74) is 0.410. The first-order valence-electron chi connectivity index (χ1n) is 7.13. The minimum atomic E-state index is -0.347. The molecular formula is C15H20ClN5OS. The molecule has 0 spiro atoms. The van der Waals surface area contributed by atoms with E-state index in [1.54, 1.807) is 13.0 Å². The van der Waals surface area contributed by atoms with Gasteiger partial charge in [-0.05, 0) is 39.8 Å². The molecular weight excluding hydrogens is 334 g/mol. The Morgan fingerprint density at radius 1 is 1.35 bits per heavy atom. The van der Waals surface area contributed by atoms with E-state index in [9.17, 15) is 4.79 Å². The summed E-state index contributed by atoms with van der Waals surface area (Å²) in [6.45, 7) is 7.60. The highest BCUT2D eigenvalue weighted by Gasteiger charge is 2.23. The van der Waals surface area contributed by atoms with Crippen LogP contribution in [0.5, 0.6) is 0 Å². The monoisotopic (exact) mass is 353 g/mol. The summed E-state index contributed by atoms with van der Waals surface area (Å²) in [6.07, 6.45) is 0. The van der Waals surface area contributed by atoms with Crippen molar-refractivity contribution in [1.82, 2.24) is 20.2 Å². The summed E-state index contributed by atoms with van der Waals surface area (Å²) in [5, 5.41) is 11.7.